The maximum absolute atomic E-state index is 13.4. The van der Waals surface area contributed by atoms with Gasteiger partial charge in [-0.05, 0) is 47.5 Å². The fourth-order valence-corrected chi connectivity index (χ4v) is 3.08. The summed E-state index contributed by atoms with van der Waals surface area (Å²) < 4.78 is 13.8. The number of amides is 1. The molecule has 2 atom stereocenters. The van der Waals surface area contributed by atoms with Crippen molar-refractivity contribution in [2.75, 3.05) is 26.2 Å². The van der Waals surface area contributed by atoms with Crippen molar-refractivity contribution in [1.82, 2.24) is 15.5 Å². The van der Waals surface area contributed by atoms with Crippen molar-refractivity contribution in [2.45, 2.75) is 25.9 Å². The smallest absolute Gasteiger partial charge is 0.238 e. The van der Waals surface area contributed by atoms with E-state index >= 15 is 0 Å². The van der Waals surface area contributed by atoms with Gasteiger partial charge >= 0.3 is 0 Å². The van der Waals surface area contributed by atoms with Crippen LogP contribution in [0.4, 0.5) is 4.39 Å². The molecule has 116 valence electrons. The Bertz CT molecular complexity index is 512. The zero-order valence-corrected chi connectivity index (χ0v) is 13.9. The van der Waals surface area contributed by atoms with Crippen LogP contribution in [-0.4, -0.2) is 43.0 Å². The highest BCUT2D eigenvalue weighted by Gasteiger charge is 2.32. The molecule has 1 heterocycles. The van der Waals surface area contributed by atoms with Crippen molar-refractivity contribution in [3.8, 4) is 0 Å². The minimum Gasteiger partial charge on any atom is -0.355 e. The van der Waals surface area contributed by atoms with E-state index in [0.29, 0.717) is 17.6 Å². The Morgan fingerprint density at radius 3 is 3.05 bits per heavy atom. The number of halogens is 2. The van der Waals surface area contributed by atoms with Crippen LogP contribution in [0.25, 0.3) is 0 Å². The standard InChI is InChI=1S/C15H21BrFN3O/c1-3-19-15(21)14-9-18-6-7-20(14)10(2)11-4-5-13(17)12(16)8-11/h4-5,8,10,14,18H,3,6-7,9H2,1-2H3,(H,19,21). The molecule has 1 aliphatic heterocycles. The summed E-state index contributed by atoms with van der Waals surface area (Å²) in [5, 5.41) is 6.14. The molecule has 1 aliphatic rings. The lowest BCUT2D eigenvalue weighted by Crippen LogP contribution is -2.58. The highest BCUT2D eigenvalue weighted by molar-refractivity contribution is 9.10. The number of nitrogens with one attached hydrogen (secondary N) is 2. The van der Waals surface area contributed by atoms with Crippen LogP contribution in [0.5, 0.6) is 0 Å². The minimum absolute atomic E-state index is 0.0396. The van der Waals surface area contributed by atoms with Crippen molar-refractivity contribution >= 4 is 21.8 Å². The topological polar surface area (TPSA) is 44.4 Å². The van der Waals surface area contributed by atoms with Gasteiger partial charge in [0, 0.05) is 32.2 Å². The predicted molar refractivity (Wildman–Crippen MR) is 84.6 cm³/mol. The molecule has 1 amide bonds. The third-order valence-electron chi connectivity index (χ3n) is 3.86. The fraction of sp³-hybridized carbons (Fsp3) is 0.533. The molecule has 21 heavy (non-hydrogen) atoms. The van der Waals surface area contributed by atoms with Crippen LogP contribution in [0.1, 0.15) is 25.5 Å². The SMILES string of the molecule is CCNC(=O)C1CNCCN1C(C)c1ccc(F)c(Br)c1. The second-order valence-corrected chi connectivity index (χ2v) is 6.06. The van der Waals surface area contributed by atoms with Gasteiger partial charge in [-0.25, -0.2) is 4.39 Å². The number of carbonyl (C=O) groups excluding carboxylic acids is 1. The Morgan fingerprint density at radius 1 is 1.62 bits per heavy atom. The average molecular weight is 358 g/mol. The van der Waals surface area contributed by atoms with Crippen LogP contribution in [0, 0.1) is 5.82 Å². The normalized spacial score (nSPS) is 21.0. The summed E-state index contributed by atoms with van der Waals surface area (Å²) in [6, 6.07) is 4.88. The first-order valence-electron chi connectivity index (χ1n) is 7.23. The van der Waals surface area contributed by atoms with Gasteiger partial charge in [0.15, 0.2) is 0 Å². The molecular weight excluding hydrogens is 337 g/mol. The van der Waals surface area contributed by atoms with E-state index in [2.05, 4.69) is 38.4 Å². The van der Waals surface area contributed by atoms with Gasteiger partial charge in [-0.3, -0.25) is 9.69 Å². The van der Waals surface area contributed by atoms with Gasteiger partial charge in [-0.2, -0.15) is 0 Å². The molecule has 0 aliphatic carbocycles. The van der Waals surface area contributed by atoms with Crippen molar-refractivity contribution < 1.29 is 9.18 Å². The van der Waals surface area contributed by atoms with Crippen molar-refractivity contribution in [3.05, 3.63) is 34.1 Å². The van der Waals surface area contributed by atoms with E-state index < -0.39 is 0 Å². The van der Waals surface area contributed by atoms with Gasteiger partial charge < -0.3 is 10.6 Å². The summed E-state index contributed by atoms with van der Waals surface area (Å²) in [7, 11) is 0. The maximum Gasteiger partial charge on any atom is 0.238 e. The van der Waals surface area contributed by atoms with Crippen molar-refractivity contribution in [1.29, 1.82) is 0 Å². The van der Waals surface area contributed by atoms with Crippen LogP contribution in [-0.2, 0) is 4.79 Å². The number of carbonyl (C=O) groups is 1. The average Bonchev–Trinajstić information content (AvgIpc) is 2.49. The zero-order valence-electron chi connectivity index (χ0n) is 12.3. The lowest BCUT2D eigenvalue weighted by atomic mass is 10.0. The zero-order chi connectivity index (χ0) is 15.4. The van der Waals surface area contributed by atoms with E-state index in [1.165, 1.54) is 6.07 Å². The Balaban J connectivity index is 2.19. The van der Waals surface area contributed by atoms with Crippen LogP contribution in [0.15, 0.2) is 22.7 Å². The van der Waals surface area contributed by atoms with Crippen LogP contribution in [0.3, 0.4) is 0 Å². The van der Waals surface area contributed by atoms with Gasteiger partial charge in [0.1, 0.15) is 11.9 Å². The molecule has 0 radical (unpaired) electrons. The van der Waals surface area contributed by atoms with Gasteiger partial charge in [-0.1, -0.05) is 6.07 Å². The predicted octanol–water partition coefficient (Wildman–Crippen LogP) is 2.06. The number of rotatable bonds is 4. The molecule has 1 aromatic carbocycles. The van der Waals surface area contributed by atoms with Crippen LogP contribution in [0.2, 0.25) is 0 Å². The van der Waals surface area contributed by atoms with E-state index in [9.17, 15) is 9.18 Å². The molecule has 1 saturated heterocycles. The lowest BCUT2D eigenvalue weighted by Gasteiger charge is -2.39. The molecule has 0 saturated carbocycles. The quantitative estimate of drug-likeness (QED) is 0.866. The van der Waals surface area contributed by atoms with E-state index in [1.54, 1.807) is 12.1 Å². The van der Waals surface area contributed by atoms with Gasteiger partial charge in [0.25, 0.3) is 0 Å². The molecule has 1 aromatic rings. The molecule has 4 nitrogen and oxygen atoms in total. The molecule has 2 unspecified atom stereocenters. The highest BCUT2D eigenvalue weighted by Crippen LogP contribution is 2.27. The Hall–Kier alpha value is -0.980. The first kappa shape index (κ1) is 16.4. The van der Waals surface area contributed by atoms with Crippen molar-refractivity contribution in [2.24, 2.45) is 0 Å². The number of hydrogen-bond acceptors (Lipinski definition) is 3. The second-order valence-electron chi connectivity index (χ2n) is 5.20. The highest BCUT2D eigenvalue weighted by atomic mass is 79.9. The molecule has 2 N–H and O–H groups in total. The molecule has 0 spiro atoms. The Kier molecular flexibility index (Phi) is 5.72. The third-order valence-corrected chi connectivity index (χ3v) is 4.47. The summed E-state index contributed by atoms with van der Waals surface area (Å²) in [6.45, 7) is 6.87. The second kappa shape index (κ2) is 7.33. The largest absolute Gasteiger partial charge is 0.355 e. The van der Waals surface area contributed by atoms with E-state index in [0.717, 1.165) is 18.7 Å². The van der Waals surface area contributed by atoms with Gasteiger partial charge in [-0.15, -0.1) is 0 Å². The first-order chi connectivity index (χ1) is 10.0. The third kappa shape index (κ3) is 3.81. The fourth-order valence-electron chi connectivity index (χ4n) is 2.68. The number of nitrogens with zero attached hydrogens (tertiary/aromatic N) is 1. The number of piperazine rings is 1. The Morgan fingerprint density at radius 2 is 2.38 bits per heavy atom. The molecule has 1 fully saturated rings. The first-order valence-corrected chi connectivity index (χ1v) is 8.03. The Labute approximate surface area is 133 Å². The number of likely N-dealkylation sites (N-methyl/N-ethyl adjacent to an activating group) is 1. The summed E-state index contributed by atoms with van der Waals surface area (Å²) in [5.74, 6) is -0.232. The van der Waals surface area contributed by atoms with E-state index in [-0.39, 0.29) is 23.8 Å². The van der Waals surface area contributed by atoms with E-state index in [1.807, 2.05) is 6.92 Å². The number of hydrogen-bond donors (Lipinski definition) is 2. The summed E-state index contributed by atoms with van der Waals surface area (Å²) >= 11 is 3.22. The molecule has 6 heteroatoms. The molecule has 0 bridgehead atoms. The van der Waals surface area contributed by atoms with Gasteiger partial charge in [0.2, 0.25) is 5.91 Å². The molecular formula is C15H21BrFN3O. The molecule has 2 rings (SSSR count). The molecule has 0 aromatic heterocycles. The summed E-state index contributed by atoms with van der Waals surface area (Å²) in [6.07, 6.45) is 0. The monoisotopic (exact) mass is 357 g/mol. The summed E-state index contributed by atoms with van der Waals surface area (Å²) in [5.41, 5.74) is 1.000. The van der Waals surface area contributed by atoms with Crippen LogP contribution < -0.4 is 10.6 Å². The number of benzene rings is 1. The van der Waals surface area contributed by atoms with Crippen LogP contribution >= 0.6 is 15.9 Å². The van der Waals surface area contributed by atoms with Gasteiger partial charge in [0.05, 0.1) is 4.47 Å². The van der Waals surface area contributed by atoms with Crippen molar-refractivity contribution in [3.63, 3.8) is 0 Å². The maximum atomic E-state index is 13.4. The minimum atomic E-state index is -0.272. The summed E-state index contributed by atoms with van der Waals surface area (Å²) in [4.78, 5) is 14.4. The van der Waals surface area contributed by atoms with E-state index in [4.69, 9.17) is 0 Å². The lowest BCUT2D eigenvalue weighted by molar-refractivity contribution is -0.128.